The number of thioether (sulfide) groups is 1. The number of pyridine rings is 1. The van der Waals surface area contributed by atoms with Crippen molar-refractivity contribution in [3.8, 4) is 0 Å². The molecular weight excluding hydrogens is 418 g/mol. The maximum Gasteiger partial charge on any atom is 0.242 e. The number of amides is 1. The van der Waals surface area contributed by atoms with Crippen LogP contribution >= 0.6 is 11.8 Å². The molecule has 0 aliphatic rings. The van der Waals surface area contributed by atoms with E-state index in [9.17, 15) is 13.2 Å². The largest absolute Gasteiger partial charge is 0.325 e. The fourth-order valence-corrected chi connectivity index (χ4v) is 4.77. The summed E-state index contributed by atoms with van der Waals surface area (Å²) in [5.74, 6) is 0.136. The van der Waals surface area contributed by atoms with Gasteiger partial charge in [-0.05, 0) is 62.2 Å². The number of hydrogen-bond acceptors (Lipinski definition) is 5. The smallest absolute Gasteiger partial charge is 0.242 e. The first-order valence-electron chi connectivity index (χ1n) is 9.42. The van der Waals surface area contributed by atoms with E-state index in [4.69, 9.17) is 0 Å². The molecule has 0 saturated carbocycles. The van der Waals surface area contributed by atoms with Crippen molar-refractivity contribution in [3.63, 3.8) is 0 Å². The molecular formula is C22H25N3O3S2. The van der Waals surface area contributed by atoms with Gasteiger partial charge in [0.15, 0.2) is 0 Å². The SMILES string of the molecule is Cc1ccc(NC(=O)CSc2cc(C)c3cc(S(=O)(=O)N(C)C)ccc3n2)c(C)c1. The van der Waals surface area contributed by atoms with Crippen molar-refractivity contribution in [2.24, 2.45) is 0 Å². The number of nitrogens with one attached hydrogen (secondary N) is 1. The van der Waals surface area contributed by atoms with Crippen LogP contribution in [0.4, 0.5) is 5.69 Å². The summed E-state index contributed by atoms with van der Waals surface area (Å²) in [6, 6.07) is 12.7. The molecule has 0 fully saturated rings. The Balaban J connectivity index is 1.76. The molecule has 0 spiro atoms. The molecule has 158 valence electrons. The predicted molar refractivity (Wildman–Crippen MR) is 123 cm³/mol. The topological polar surface area (TPSA) is 79.4 Å². The van der Waals surface area contributed by atoms with Crippen LogP contribution in [0.3, 0.4) is 0 Å². The van der Waals surface area contributed by atoms with Crippen LogP contribution in [0.1, 0.15) is 16.7 Å². The summed E-state index contributed by atoms with van der Waals surface area (Å²) in [4.78, 5) is 17.2. The maximum atomic E-state index is 12.4. The molecule has 8 heteroatoms. The first kappa shape index (κ1) is 22.3. The molecule has 3 rings (SSSR count). The van der Waals surface area contributed by atoms with Gasteiger partial charge in [-0.1, -0.05) is 29.5 Å². The number of anilines is 1. The van der Waals surface area contributed by atoms with E-state index in [2.05, 4.69) is 10.3 Å². The van der Waals surface area contributed by atoms with Crippen molar-refractivity contribution >= 4 is 44.3 Å². The Morgan fingerprint density at radius 1 is 1.03 bits per heavy atom. The van der Waals surface area contributed by atoms with Crippen LogP contribution in [-0.2, 0) is 14.8 Å². The van der Waals surface area contributed by atoms with Crippen LogP contribution in [0.2, 0.25) is 0 Å². The third-order valence-electron chi connectivity index (χ3n) is 4.75. The maximum absolute atomic E-state index is 12.4. The highest BCUT2D eigenvalue weighted by Gasteiger charge is 2.18. The van der Waals surface area contributed by atoms with Gasteiger partial charge in [-0.3, -0.25) is 4.79 Å². The number of carbonyl (C=O) groups excluding carboxylic acids is 1. The summed E-state index contributed by atoms with van der Waals surface area (Å²) in [7, 11) is -0.490. The lowest BCUT2D eigenvalue weighted by Gasteiger charge is -2.13. The predicted octanol–water partition coefficient (Wildman–Crippen LogP) is 4.14. The van der Waals surface area contributed by atoms with Gasteiger partial charge >= 0.3 is 0 Å². The Labute approximate surface area is 181 Å². The average Bonchev–Trinajstić information content (AvgIpc) is 2.68. The number of aromatic nitrogens is 1. The van der Waals surface area contributed by atoms with E-state index in [0.29, 0.717) is 5.52 Å². The standard InChI is InChI=1S/C22H25N3O3S2/c1-14-6-8-19(16(3)10-14)23-21(26)13-29-22-11-15(2)18-12-17(7-9-20(18)24-22)30(27,28)25(4)5/h6-12H,13H2,1-5H3,(H,23,26). The Bertz CT molecular complexity index is 1220. The molecule has 0 atom stereocenters. The molecule has 1 aromatic heterocycles. The van der Waals surface area contributed by atoms with Gasteiger partial charge in [0.05, 0.1) is 21.2 Å². The molecule has 0 bridgehead atoms. The second-order valence-corrected chi connectivity index (χ2v) is 10.5. The lowest BCUT2D eigenvalue weighted by atomic mass is 10.1. The second kappa shape index (κ2) is 8.75. The van der Waals surface area contributed by atoms with E-state index < -0.39 is 10.0 Å². The van der Waals surface area contributed by atoms with Crippen molar-refractivity contribution in [2.75, 3.05) is 25.2 Å². The van der Waals surface area contributed by atoms with Crippen LogP contribution < -0.4 is 5.32 Å². The Hall–Kier alpha value is -2.42. The van der Waals surface area contributed by atoms with Gasteiger partial charge in [0, 0.05) is 25.2 Å². The van der Waals surface area contributed by atoms with Crippen molar-refractivity contribution < 1.29 is 13.2 Å². The molecule has 3 aromatic rings. The minimum atomic E-state index is -3.51. The Morgan fingerprint density at radius 2 is 1.77 bits per heavy atom. The van der Waals surface area contributed by atoms with Gasteiger partial charge in [0.25, 0.3) is 0 Å². The van der Waals surface area contributed by atoms with E-state index in [-0.39, 0.29) is 16.6 Å². The second-order valence-electron chi connectivity index (χ2n) is 7.40. The molecule has 0 saturated heterocycles. The summed E-state index contributed by atoms with van der Waals surface area (Å²) in [5, 5.41) is 4.44. The fourth-order valence-electron chi connectivity index (χ4n) is 3.07. The quantitative estimate of drug-likeness (QED) is 0.579. The number of sulfonamides is 1. The summed E-state index contributed by atoms with van der Waals surface area (Å²) in [5.41, 5.74) is 4.59. The lowest BCUT2D eigenvalue weighted by molar-refractivity contribution is -0.113. The zero-order chi connectivity index (χ0) is 22.1. The number of rotatable bonds is 6. The molecule has 30 heavy (non-hydrogen) atoms. The number of nitrogens with zero attached hydrogens (tertiary/aromatic N) is 2. The van der Waals surface area contributed by atoms with Crippen LogP contribution in [0.15, 0.2) is 52.4 Å². The van der Waals surface area contributed by atoms with E-state index in [1.165, 1.54) is 30.2 Å². The van der Waals surface area contributed by atoms with E-state index >= 15 is 0 Å². The monoisotopic (exact) mass is 443 g/mol. The van der Waals surface area contributed by atoms with Gasteiger partial charge in [-0.15, -0.1) is 0 Å². The summed E-state index contributed by atoms with van der Waals surface area (Å²) in [6.07, 6.45) is 0. The molecule has 1 N–H and O–H groups in total. The number of fused-ring (bicyclic) bond motifs is 1. The average molecular weight is 444 g/mol. The highest BCUT2D eigenvalue weighted by atomic mass is 32.2. The third-order valence-corrected chi connectivity index (χ3v) is 7.47. The van der Waals surface area contributed by atoms with Crippen molar-refractivity contribution in [3.05, 3.63) is 59.2 Å². The summed E-state index contributed by atoms with van der Waals surface area (Å²) in [6.45, 7) is 5.89. The van der Waals surface area contributed by atoms with Crippen LogP contribution in [0.5, 0.6) is 0 Å². The van der Waals surface area contributed by atoms with Crippen molar-refractivity contribution in [1.82, 2.24) is 9.29 Å². The van der Waals surface area contributed by atoms with Crippen LogP contribution in [0.25, 0.3) is 10.9 Å². The van der Waals surface area contributed by atoms with Gasteiger partial charge in [-0.25, -0.2) is 17.7 Å². The lowest BCUT2D eigenvalue weighted by Crippen LogP contribution is -2.22. The van der Waals surface area contributed by atoms with Crippen molar-refractivity contribution in [1.29, 1.82) is 0 Å². The molecule has 0 unspecified atom stereocenters. The molecule has 0 aliphatic carbocycles. The minimum absolute atomic E-state index is 0.0982. The first-order chi connectivity index (χ1) is 14.1. The van der Waals surface area contributed by atoms with E-state index in [1.807, 2.05) is 45.0 Å². The number of benzene rings is 2. The molecule has 6 nitrogen and oxygen atoms in total. The van der Waals surface area contributed by atoms with Crippen LogP contribution in [-0.4, -0.2) is 43.5 Å². The summed E-state index contributed by atoms with van der Waals surface area (Å²) < 4.78 is 26.0. The minimum Gasteiger partial charge on any atom is -0.325 e. The zero-order valence-electron chi connectivity index (χ0n) is 17.7. The Kier molecular flexibility index (Phi) is 6.50. The highest BCUT2D eigenvalue weighted by molar-refractivity contribution is 7.99. The van der Waals surface area contributed by atoms with Gasteiger partial charge in [0.1, 0.15) is 0 Å². The van der Waals surface area contributed by atoms with Crippen LogP contribution in [0, 0.1) is 20.8 Å². The Morgan fingerprint density at radius 3 is 2.43 bits per heavy atom. The molecule has 1 heterocycles. The van der Waals surface area contributed by atoms with E-state index in [1.54, 1.807) is 18.2 Å². The number of aryl methyl sites for hydroxylation is 3. The van der Waals surface area contributed by atoms with Gasteiger partial charge in [-0.2, -0.15) is 0 Å². The molecule has 2 aromatic carbocycles. The van der Waals surface area contributed by atoms with Crippen molar-refractivity contribution in [2.45, 2.75) is 30.7 Å². The van der Waals surface area contributed by atoms with Gasteiger partial charge < -0.3 is 5.32 Å². The normalized spacial score (nSPS) is 11.8. The third kappa shape index (κ3) is 4.83. The first-order valence-corrected chi connectivity index (χ1v) is 11.8. The summed E-state index contributed by atoms with van der Waals surface area (Å²) >= 11 is 1.35. The zero-order valence-corrected chi connectivity index (χ0v) is 19.3. The molecule has 0 aliphatic heterocycles. The molecule has 0 radical (unpaired) electrons. The number of carbonyl (C=O) groups is 1. The number of hydrogen-bond donors (Lipinski definition) is 1. The molecule has 1 amide bonds. The van der Waals surface area contributed by atoms with E-state index in [0.717, 1.165) is 32.8 Å². The fraction of sp³-hybridized carbons (Fsp3) is 0.273. The highest BCUT2D eigenvalue weighted by Crippen LogP contribution is 2.27. The van der Waals surface area contributed by atoms with Gasteiger partial charge in [0.2, 0.25) is 15.9 Å².